The fourth-order valence-corrected chi connectivity index (χ4v) is 3.08. The van der Waals surface area contributed by atoms with Gasteiger partial charge in [-0.05, 0) is 24.0 Å². The molecule has 0 spiro atoms. The van der Waals surface area contributed by atoms with Crippen LogP contribution in [0, 0.1) is 6.92 Å². The highest BCUT2D eigenvalue weighted by atomic mass is 16.5. The van der Waals surface area contributed by atoms with E-state index in [9.17, 15) is 0 Å². The van der Waals surface area contributed by atoms with Crippen LogP contribution in [0.5, 0.6) is 0 Å². The summed E-state index contributed by atoms with van der Waals surface area (Å²) in [5.74, 6) is 1.58. The molecule has 1 saturated heterocycles. The second kappa shape index (κ2) is 7.28. The minimum Gasteiger partial charge on any atom is -0.360 e. The molecular formula is C19H27N3O. The molecule has 0 atom stereocenters. The van der Waals surface area contributed by atoms with E-state index in [0.717, 1.165) is 50.7 Å². The van der Waals surface area contributed by atoms with Gasteiger partial charge in [-0.3, -0.25) is 9.80 Å². The van der Waals surface area contributed by atoms with Crippen molar-refractivity contribution in [2.75, 3.05) is 26.2 Å². The predicted molar refractivity (Wildman–Crippen MR) is 92.3 cm³/mol. The zero-order chi connectivity index (χ0) is 16.2. The Balaban J connectivity index is 1.47. The van der Waals surface area contributed by atoms with Gasteiger partial charge in [0.1, 0.15) is 0 Å². The molecule has 1 aromatic carbocycles. The molecule has 0 aliphatic carbocycles. The summed E-state index contributed by atoms with van der Waals surface area (Å²) in [5, 5.41) is 3.96. The van der Waals surface area contributed by atoms with Crippen LogP contribution in [0.3, 0.4) is 0 Å². The maximum Gasteiger partial charge on any atom is 0.150 e. The molecule has 124 valence electrons. The van der Waals surface area contributed by atoms with Crippen molar-refractivity contribution in [1.82, 2.24) is 15.0 Å². The number of aromatic nitrogens is 1. The third-order valence-electron chi connectivity index (χ3n) is 4.57. The molecule has 1 aromatic heterocycles. The Morgan fingerprint density at radius 1 is 1.00 bits per heavy atom. The van der Waals surface area contributed by atoms with Gasteiger partial charge in [-0.2, -0.15) is 0 Å². The van der Waals surface area contributed by atoms with Crippen LogP contribution in [0.4, 0.5) is 0 Å². The van der Waals surface area contributed by atoms with Crippen molar-refractivity contribution >= 4 is 0 Å². The second-order valence-corrected chi connectivity index (χ2v) is 6.88. The van der Waals surface area contributed by atoms with Crippen LogP contribution in [0.25, 0.3) is 0 Å². The molecular weight excluding hydrogens is 286 g/mol. The number of piperazine rings is 1. The van der Waals surface area contributed by atoms with Gasteiger partial charge in [0.15, 0.2) is 5.76 Å². The Hall–Kier alpha value is -1.65. The number of rotatable bonds is 5. The summed E-state index contributed by atoms with van der Waals surface area (Å²) in [5.41, 5.74) is 3.79. The van der Waals surface area contributed by atoms with Crippen LogP contribution in [0.15, 0.2) is 34.9 Å². The highest BCUT2D eigenvalue weighted by molar-refractivity contribution is 5.24. The van der Waals surface area contributed by atoms with Crippen molar-refractivity contribution in [2.24, 2.45) is 0 Å². The fourth-order valence-electron chi connectivity index (χ4n) is 3.08. The Labute approximate surface area is 139 Å². The molecule has 1 aliphatic heterocycles. The van der Waals surface area contributed by atoms with E-state index in [2.05, 4.69) is 53.1 Å². The lowest BCUT2D eigenvalue weighted by atomic mass is 10.0. The number of nitrogens with zero attached hydrogens (tertiary/aromatic N) is 3. The molecule has 2 aromatic rings. The third-order valence-corrected chi connectivity index (χ3v) is 4.57. The van der Waals surface area contributed by atoms with Crippen LogP contribution in [0.1, 0.15) is 42.3 Å². The maximum absolute atomic E-state index is 5.31. The number of hydrogen-bond donors (Lipinski definition) is 0. The standard InChI is InChI=1S/C19H27N3O/c1-15(2)18-6-4-17(5-7-18)13-21-8-10-22(11-9-21)14-19-12-16(3)20-23-19/h4-7,12,15H,8-11,13-14H2,1-3H3. The largest absolute Gasteiger partial charge is 0.360 e. The number of benzene rings is 1. The van der Waals surface area contributed by atoms with Gasteiger partial charge in [-0.25, -0.2) is 0 Å². The Bertz CT molecular complexity index is 610. The summed E-state index contributed by atoms with van der Waals surface area (Å²) in [6, 6.07) is 11.1. The first-order valence-corrected chi connectivity index (χ1v) is 8.56. The summed E-state index contributed by atoms with van der Waals surface area (Å²) in [4.78, 5) is 4.98. The maximum atomic E-state index is 5.31. The van der Waals surface area contributed by atoms with Crippen molar-refractivity contribution in [3.05, 3.63) is 52.9 Å². The van der Waals surface area contributed by atoms with Gasteiger partial charge < -0.3 is 4.52 Å². The normalized spacial score (nSPS) is 17.0. The summed E-state index contributed by atoms with van der Waals surface area (Å²) in [6.45, 7) is 12.8. The third kappa shape index (κ3) is 4.43. The van der Waals surface area contributed by atoms with Crippen molar-refractivity contribution in [3.8, 4) is 0 Å². The molecule has 1 fully saturated rings. The molecule has 0 unspecified atom stereocenters. The zero-order valence-corrected chi connectivity index (χ0v) is 14.5. The van der Waals surface area contributed by atoms with Gasteiger partial charge in [-0.15, -0.1) is 0 Å². The molecule has 1 aliphatic rings. The van der Waals surface area contributed by atoms with Crippen LogP contribution >= 0.6 is 0 Å². The van der Waals surface area contributed by atoms with E-state index in [4.69, 9.17) is 4.52 Å². The molecule has 4 nitrogen and oxygen atoms in total. The van der Waals surface area contributed by atoms with Gasteiger partial charge in [0, 0.05) is 38.8 Å². The van der Waals surface area contributed by atoms with Gasteiger partial charge in [0.25, 0.3) is 0 Å². The van der Waals surface area contributed by atoms with Gasteiger partial charge in [0.05, 0.1) is 12.2 Å². The molecule has 2 heterocycles. The summed E-state index contributed by atoms with van der Waals surface area (Å²) in [7, 11) is 0. The van der Waals surface area contributed by atoms with Crippen molar-refractivity contribution in [1.29, 1.82) is 0 Å². The molecule has 0 amide bonds. The van der Waals surface area contributed by atoms with Crippen molar-refractivity contribution in [3.63, 3.8) is 0 Å². The highest BCUT2D eigenvalue weighted by Gasteiger charge is 2.18. The lowest BCUT2D eigenvalue weighted by Crippen LogP contribution is -2.45. The first kappa shape index (κ1) is 16.2. The van der Waals surface area contributed by atoms with E-state index < -0.39 is 0 Å². The van der Waals surface area contributed by atoms with Gasteiger partial charge in [-0.1, -0.05) is 43.3 Å². The minimum absolute atomic E-state index is 0.604. The van der Waals surface area contributed by atoms with Crippen LogP contribution in [-0.2, 0) is 13.1 Å². The van der Waals surface area contributed by atoms with E-state index in [1.165, 1.54) is 11.1 Å². The Morgan fingerprint density at radius 3 is 2.13 bits per heavy atom. The summed E-state index contributed by atoms with van der Waals surface area (Å²) >= 11 is 0. The Kier molecular flexibility index (Phi) is 5.13. The zero-order valence-electron chi connectivity index (χ0n) is 14.5. The highest BCUT2D eigenvalue weighted by Crippen LogP contribution is 2.16. The average Bonchev–Trinajstić information content (AvgIpc) is 2.95. The number of aryl methyl sites for hydroxylation is 1. The van der Waals surface area contributed by atoms with E-state index in [1.807, 2.05) is 13.0 Å². The first-order chi connectivity index (χ1) is 11.1. The van der Waals surface area contributed by atoms with Crippen molar-refractivity contribution < 1.29 is 4.52 Å². The van der Waals surface area contributed by atoms with Crippen molar-refractivity contribution in [2.45, 2.75) is 39.8 Å². The van der Waals surface area contributed by atoms with E-state index in [0.29, 0.717) is 5.92 Å². The quantitative estimate of drug-likeness (QED) is 0.846. The monoisotopic (exact) mass is 313 g/mol. The Morgan fingerprint density at radius 2 is 1.61 bits per heavy atom. The smallest absolute Gasteiger partial charge is 0.150 e. The second-order valence-electron chi connectivity index (χ2n) is 6.88. The number of hydrogen-bond acceptors (Lipinski definition) is 4. The molecule has 3 rings (SSSR count). The predicted octanol–water partition coefficient (Wildman–Crippen LogP) is 3.42. The lowest BCUT2D eigenvalue weighted by molar-refractivity contribution is 0.113. The molecule has 23 heavy (non-hydrogen) atoms. The molecule has 0 bridgehead atoms. The van der Waals surface area contributed by atoms with E-state index >= 15 is 0 Å². The molecule has 0 saturated carbocycles. The van der Waals surface area contributed by atoms with E-state index in [1.54, 1.807) is 0 Å². The molecule has 4 heteroatoms. The summed E-state index contributed by atoms with van der Waals surface area (Å²) < 4.78 is 5.31. The first-order valence-electron chi connectivity index (χ1n) is 8.56. The van der Waals surface area contributed by atoms with Gasteiger partial charge >= 0.3 is 0 Å². The summed E-state index contributed by atoms with van der Waals surface area (Å²) in [6.07, 6.45) is 0. The molecule has 0 N–H and O–H groups in total. The fraction of sp³-hybridized carbons (Fsp3) is 0.526. The van der Waals surface area contributed by atoms with Crippen LogP contribution < -0.4 is 0 Å². The topological polar surface area (TPSA) is 32.5 Å². The SMILES string of the molecule is Cc1cc(CN2CCN(Cc3ccc(C(C)C)cc3)CC2)on1. The molecule has 0 radical (unpaired) electrons. The van der Waals surface area contributed by atoms with Crippen LogP contribution in [0.2, 0.25) is 0 Å². The van der Waals surface area contributed by atoms with Crippen LogP contribution in [-0.4, -0.2) is 41.1 Å². The minimum atomic E-state index is 0.604. The van der Waals surface area contributed by atoms with Gasteiger partial charge in [0.2, 0.25) is 0 Å². The van der Waals surface area contributed by atoms with E-state index in [-0.39, 0.29) is 0 Å². The lowest BCUT2D eigenvalue weighted by Gasteiger charge is -2.34. The average molecular weight is 313 g/mol.